The normalized spacial score (nSPS) is 10.4. The number of anilines is 1. The number of nitrogens with one attached hydrogen (secondary N) is 2. The van der Waals surface area contributed by atoms with Gasteiger partial charge < -0.3 is 15.2 Å². The fourth-order valence-electron chi connectivity index (χ4n) is 2.53. The largest absolute Gasteiger partial charge is 0.497 e. The number of H-pyrrole nitrogens is 1. The number of hydrogen-bond acceptors (Lipinski definition) is 7. The molecule has 0 saturated carbocycles. The summed E-state index contributed by atoms with van der Waals surface area (Å²) in [5.41, 5.74) is 6.25. The van der Waals surface area contributed by atoms with E-state index in [9.17, 15) is 9.59 Å². The molecule has 29 heavy (non-hydrogen) atoms. The van der Waals surface area contributed by atoms with E-state index in [2.05, 4.69) is 20.5 Å². The molecule has 0 radical (unpaired) electrons. The second-order valence-electron chi connectivity index (χ2n) is 5.78. The Kier molecular flexibility index (Phi) is 6.35. The summed E-state index contributed by atoms with van der Waals surface area (Å²) in [6.07, 6.45) is 0. The highest BCUT2D eigenvalue weighted by Crippen LogP contribution is 2.31. The number of thioether (sulfide) groups is 1. The second kappa shape index (κ2) is 9.11. The van der Waals surface area contributed by atoms with Gasteiger partial charge in [0.25, 0.3) is 5.91 Å². The monoisotopic (exact) mass is 413 g/mol. The summed E-state index contributed by atoms with van der Waals surface area (Å²) in [6, 6.07) is 12.2. The van der Waals surface area contributed by atoms with E-state index in [1.54, 1.807) is 49.6 Å². The van der Waals surface area contributed by atoms with Gasteiger partial charge in [-0.25, -0.2) is 0 Å². The Morgan fingerprint density at radius 3 is 2.69 bits per heavy atom. The van der Waals surface area contributed by atoms with Crippen LogP contribution >= 0.6 is 11.8 Å². The maximum absolute atomic E-state index is 12.7. The van der Waals surface area contributed by atoms with Crippen LogP contribution in [0.1, 0.15) is 10.4 Å². The molecule has 1 heterocycles. The third-order valence-corrected chi connectivity index (χ3v) is 4.97. The highest BCUT2D eigenvalue weighted by molar-refractivity contribution is 8.00. The van der Waals surface area contributed by atoms with Gasteiger partial charge in [-0.1, -0.05) is 12.1 Å². The predicted molar refractivity (Wildman–Crippen MR) is 109 cm³/mol. The van der Waals surface area contributed by atoms with Crippen LogP contribution in [0.25, 0.3) is 11.4 Å². The van der Waals surface area contributed by atoms with Gasteiger partial charge in [0.05, 0.1) is 31.1 Å². The molecule has 0 atom stereocenters. The summed E-state index contributed by atoms with van der Waals surface area (Å²) in [6.45, 7) is 0. The summed E-state index contributed by atoms with van der Waals surface area (Å²) in [7, 11) is 3.11. The number of amides is 2. The molecule has 0 bridgehead atoms. The highest BCUT2D eigenvalue weighted by Gasteiger charge is 2.16. The van der Waals surface area contributed by atoms with Crippen molar-refractivity contribution in [2.24, 2.45) is 5.73 Å². The van der Waals surface area contributed by atoms with E-state index in [4.69, 9.17) is 15.2 Å². The van der Waals surface area contributed by atoms with E-state index in [0.717, 1.165) is 0 Å². The van der Waals surface area contributed by atoms with E-state index < -0.39 is 11.8 Å². The quantitative estimate of drug-likeness (QED) is 0.483. The molecule has 0 aliphatic heterocycles. The lowest BCUT2D eigenvalue weighted by Gasteiger charge is -2.08. The molecular weight excluding hydrogens is 394 g/mol. The van der Waals surface area contributed by atoms with E-state index in [-0.39, 0.29) is 11.7 Å². The van der Waals surface area contributed by atoms with E-state index in [0.29, 0.717) is 33.3 Å². The number of benzene rings is 2. The number of aromatic nitrogens is 3. The summed E-state index contributed by atoms with van der Waals surface area (Å²) in [5, 5.41) is 9.48. The molecule has 4 N–H and O–H groups in total. The number of hydrogen-bond donors (Lipinski definition) is 3. The van der Waals surface area contributed by atoms with Crippen LogP contribution in [0.5, 0.6) is 11.5 Å². The van der Waals surface area contributed by atoms with Crippen LogP contribution in [0.2, 0.25) is 0 Å². The van der Waals surface area contributed by atoms with Crippen molar-refractivity contribution in [3.05, 3.63) is 48.0 Å². The Morgan fingerprint density at radius 1 is 1.17 bits per heavy atom. The molecule has 0 aliphatic rings. The average molecular weight is 413 g/mol. The standard InChI is InChI=1S/C19H19N5O4S/c1-27-11-7-8-12(14(9-11)28-2)17-21-19(24-23-17)22-18(26)13-5-3-4-6-15(13)29-10-16(20)25/h3-9H,10H2,1-2H3,(H2,20,25)(H2,21,22,23,24,26). The van der Waals surface area contributed by atoms with Crippen molar-refractivity contribution < 1.29 is 19.1 Å². The number of aromatic amines is 1. The van der Waals surface area contributed by atoms with Crippen molar-refractivity contribution in [1.82, 2.24) is 15.2 Å². The lowest BCUT2D eigenvalue weighted by Crippen LogP contribution is -2.16. The van der Waals surface area contributed by atoms with Gasteiger partial charge in [-0.2, -0.15) is 4.98 Å². The Bertz CT molecular complexity index is 1040. The molecule has 0 aliphatic carbocycles. The lowest BCUT2D eigenvalue weighted by molar-refractivity contribution is -0.115. The van der Waals surface area contributed by atoms with Gasteiger partial charge in [0.1, 0.15) is 11.5 Å². The fraction of sp³-hybridized carbons (Fsp3) is 0.158. The van der Waals surface area contributed by atoms with Crippen molar-refractivity contribution in [3.63, 3.8) is 0 Å². The van der Waals surface area contributed by atoms with Crippen molar-refractivity contribution >= 4 is 29.5 Å². The minimum absolute atomic E-state index is 0.0758. The van der Waals surface area contributed by atoms with Crippen LogP contribution in [0.15, 0.2) is 47.4 Å². The first kappa shape index (κ1) is 20.2. The number of carbonyl (C=O) groups is 2. The van der Waals surface area contributed by atoms with Crippen LogP contribution in [-0.4, -0.2) is 47.0 Å². The van der Waals surface area contributed by atoms with Gasteiger partial charge >= 0.3 is 0 Å². The first-order valence-electron chi connectivity index (χ1n) is 8.48. The van der Waals surface area contributed by atoms with E-state index >= 15 is 0 Å². The Balaban J connectivity index is 1.79. The molecule has 3 aromatic rings. The van der Waals surface area contributed by atoms with Crippen molar-refractivity contribution in [2.45, 2.75) is 4.90 Å². The predicted octanol–water partition coefficient (Wildman–Crippen LogP) is 2.32. The number of ether oxygens (including phenoxy) is 2. The maximum atomic E-state index is 12.7. The smallest absolute Gasteiger partial charge is 0.259 e. The van der Waals surface area contributed by atoms with Crippen molar-refractivity contribution in [1.29, 1.82) is 0 Å². The molecule has 10 heteroatoms. The van der Waals surface area contributed by atoms with Gasteiger partial charge in [0.2, 0.25) is 11.9 Å². The topological polar surface area (TPSA) is 132 Å². The molecule has 1 aromatic heterocycles. The van der Waals surface area contributed by atoms with Crippen LogP contribution in [0.3, 0.4) is 0 Å². The highest BCUT2D eigenvalue weighted by atomic mass is 32.2. The van der Waals surface area contributed by atoms with E-state index in [1.807, 2.05) is 0 Å². The second-order valence-corrected chi connectivity index (χ2v) is 6.80. The Morgan fingerprint density at radius 2 is 1.97 bits per heavy atom. The molecule has 2 aromatic carbocycles. The van der Waals surface area contributed by atoms with Crippen LogP contribution in [0.4, 0.5) is 5.95 Å². The van der Waals surface area contributed by atoms with Gasteiger partial charge in [0.15, 0.2) is 5.82 Å². The van der Waals surface area contributed by atoms with E-state index in [1.165, 1.54) is 18.9 Å². The van der Waals surface area contributed by atoms with Crippen molar-refractivity contribution in [3.8, 4) is 22.9 Å². The third kappa shape index (κ3) is 4.85. The molecule has 9 nitrogen and oxygen atoms in total. The number of nitrogens with zero attached hydrogens (tertiary/aromatic N) is 2. The number of nitrogens with two attached hydrogens (primary N) is 1. The van der Waals surface area contributed by atoms with Gasteiger partial charge in [-0.3, -0.25) is 20.0 Å². The SMILES string of the molecule is COc1ccc(-c2nc(NC(=O)c3ccccc3SCC(N)=O)n[nH]2)c(OC)c1. The maximum Gasteiger partial charge on any atom is 0.259 e. The van der Waals surface area contributed by atoms with Crippen LogP contribution in [-0.2, 0) is 4.79 Å². The molecular formula is C19H19N5O4S. The lowest BCUT2D eigenvalue weighted by atomic mass is 10.2. The molecule has 0 saturated heterocycles. The molecule has 0 fully saturated rings. The van der Waals surface area contributed by atoms with Gasteiger partial charge in [-0.05, 0) is 24.3 Å². The number of methoxy groups -OCH3 is 2. The van der Waals surface area contributed by atoms with Gasteiger partial charge in [-0.15, -0.1) is 16.9 Å². The minimum atomic E-state index is -0.461. The fourth-order valence-corrected chi connectivity index (χ4v) is 3.32. The Hall–Kier alpha value is -3.53. The molecule has 0 unspecified atom stereocenters. The zero-order chi connectivity index (χ0) is 20.8. The zero-order valence-electron chi connectivity index (χ0n) is 15.8. The molecule has 2 amide bonds. The first-order chi connectivity index (χ1) is 14.0. The average Bonchev–Trinajstić information content (AvgIpc) is 3.20. The molecule has 3 rings (SSSR count). The van der Waals surface area contributed by atoms with Gasteiger partial charge in [0, 0.05) is 11.0 Å². The van der Waals surface area contributed by atoms with Crippen LogP contribution < -0.4 is 20.5 Å². The summed E-state index contributed by atoms with van der Waals surface area (Å²) in [5.74, 6) is 0.943. The molecule has 150 valence electrons. The first-order valence-corrected chi connectivity index (χ1v) is 9.46. The van der Waals surface area contributed by atoms with Crippen LogP contribution in [0, 0.1) is 0 Å². The third-order valence-electron chi connectivity index (χ3n) is 3.88. The summed E-state index contributed by atoms with van der Waals surface area (Å²) >= 11 is 1.19. The Labute approximate surface area is 171 Å². The number of carbonyl (C=O) groups excluding carboxylic acids is 2. The zero-order valence-corrected chi connectivity index (χ0v) is 16.6. The van der Waals surface area contributed by atoms with Crippen molar-refractivity contribution in [2.75, 3.05) is 25.3 Å². The minimum Gasteiger partial charge on any atom is -0.497 e. The molecule has 0 spiro atoms. The summed E-state index contributed by atoms with van der Waals surface area (Å²) in [4.78, 5) is 28.6. The number of primary amides is 1. The number of rotatable bonds is 8. The summed E-state index contributed by atoms with van der Waals surface area (Å²) < 4.78 is 10.6.